The van der Waals surface area contributed by atoms with Gasteiger partial charge >= 0.3 is 0 Å². The predicted molar refractivity (Wildman–Crippen MR) is 42.4 cm³/mol. The second-order valence-electron chi connectivity index (χ2n) is 3.34. The average Bonchev–Trinajstić information content (AvgIpc) is 2.11. The van der Waals surface area contributed by atoms with Crippen LogP contribution in [0.2, 0.25) is 0 Å². The molecule has 1 aliphatic rings. The molecule has 0 spiro atoms. The second-order valence-corrected chi connectivity index (χ2v) is 3.34. The van der Waals surface area contributed by atoms with Gasteiger partial charge in [-0.2, -0.15) is 0 Å². The minimum atomic E-state index is 0.0724. The highest BCUT2D eigenvalue weighted by atomic mass is 15.6. The molecule has 1 N–H and O–H groups in total. The topological polar surface area (TPSA) is 27.6 Å². The maximum atomic E-state index is 3.98. The first-order valence-electron chi connectivity index (χ1n) is 3.29. The Hall–Kier alpha value is -0.990. The lowest BCUT2D eigenvalue weighted by Crippen LogP contribution is -2.45. The van der Waals surface area contributed by atoms with Crippen LogP contribution in [0.3, 0.4) is 0 Å². The molecule has 10 heavy (non-hydrogen) atoms. The molecule has 0 unspecified atom stereocenters. The predicted octanol–water partition coefficient (Wildman–Crippen LogP) is 1.10. The van der Waals surface area contributed by atoms with Gasteiger partial charge in [-0.25, -0.2) is 4.99 Å². The number of hydrazine groups is 1. The van der Waals surface area contributed by atoms with Crippen LogP contribution in [0.5, 0.6) is 0 Å². The van der Waals surface area contributed by atoms with Crippen molar-refractivity contribution in [3.63, 3.8) is 0 Å². The Labute approximate surface area is 61.4 Å². The molecule has 0 radical (unpaired) electrons. The third-order valence-electron chi connectivity index (χ3n) is 1.30. The van der Waals surface area contributed by atoms with Gasteiger partial charge in [-0.15, -0.1) is 0 Å². The SMILES string of the molecule is C=C1N=CN(C(C)(C)C)N1. The molecular formula is C7H13N3. The van der Waals surface area contributed by atoms with Gasteiger partial charge in [-0.3, -0.25) is 10.4 Å². The lowest BCUT2D eigenvalue weighted by molar-refractivity contribution is 0.206. The van der Waals surface area contributed by atoms with Crippen molar-refractivity contribution in [2.75, 3.05) is 0 Å². The van der Waals surface area contributed by atoms with Crippen molar-refractivity contribution in [3.05, 3.63) is 12.4 Å². The van der Waals surface area contributed by atoms with E-state index in [1.165, 1.54) is 0 Å². The molecule has 0 amide bonds. The third kappa shape index (κ3) is 1.29. The highest BCUT2D eigenvalue weighted by Gasteiger charge is 2.21. The van der Waals surface area contributed by atoms with Crippen molar-refractivity contribution in [1.82, 2.24) is 10.4 Å². The van der Waals surface area contributed by atoms with Crippen LogP contribution in [0.1, 0.15) is 20.8 Å². The van der Waals surface area contributed by atoms with Crippen LogP contribution < -0.4 is 5.43 Å². The molecule has 0 fully saturated rings. The van der Waals surface area contributed by atoms with Crippen molar-refractivity contribution in [2.24, 2.45) is 4.99 Å². The van der Waals surface area contributed by atoms with Gasteiger partial charge in [0.1, 0.15) is 12.2 Å². The average molecular weight is 139 g/mol. The van der Waals surface area contributed by atoms with E-state index in [0.717, 1.165) is 0 Å². The van der Waals surface area contributed by atoms with Gasteiger partial charge in [-0.05, 0) is 20.8 Å². The lowest BCUT2D eigenvalue weighted by Gasteiger charge is -2.30. The lowest BCUT2D eigenvalue weighted by atomic mass is 10.1. The summed E-state index contributed by atoms with van der Waals surface area (Å²) < 4.78 is 0. The van der Waals surface area contributed by atoms with Gasteiger partial charge in [0, 0.05) is 0 Å². The van der Waals surface area contributed by atoms with Crippen LogP contribution in [-0.4, -0.2) is 16.9 Å². The van der Waals surface area contributed by atoms with Crippen LogP contribution in [0.4, 0.5) is 0 Å². The van der Waals surface area contributed by atoms with E-state index in [-0.39, 0.29) is 5.54 Å². The second kappa shape index (κ2) is 2.01. The standard InChI is InChI=1S/C7H13N3/c1-6-8-5-10(9-6)7(2,3)4/h5,9H,1H2,2-4H3. The number of nitrogens with zero attached hydrogens (tertiary/aromatic N) is 2. The Morgan fingerprint density at radius 1 is 1.60 bits per heavy atom. The summed E-state index contributed by atoms with van der Waals surface area (Å²) in [6.45, 7) is 9.97. The van der Waals surface area contributed by atoms with E-state index in [0.29, 0.717) is 5.82 Å². The molecule has 3 nitrogen and oxygen atoms in total. The normalized spacial score (nSPS) is 17.9. The zero-order valence-corrected chi connectivity index (χ0v) is 6.68. The number of rotatable bonds is 0. The fourth-order valence-corrected chi connectivity index (χ4v) is 0.665. The van der Waals surface area contributed by atoms with Crippen LogP contribution in [0.15, 0.2) is 17.4 Å². The minimum absolute atomic E-state index is 0.0724. The van der Waals surface area contributed by atoms with E-state index in [2.05, 4.69) is 37.8 Å². The Balaban J connectivity index is 2.63. The van der Waals surface area contributed by atoms with Crippen LogP contribution >= 0.6 is 0 Å². The van der Waals surface area contributed by atoms with Crippen LogP contribution in [0, 0.1) is 0 Å². The Bertz CT molecular complexity index is 176. The summed E-state index contributed by atoms with van der Waals surface area (Å²) in [6, 6.07) is 0. The summed E-state index contributed by atoms with van der Waals surface area (Å²) in [6.07, 6.45) is 1.75. The fourth-order valence-electron chi connectivity index (χ4n) is 0.665. The van der Waals surface area contributed by atoms with Gasteiger partial charge in [-0.1, -0.05) is 6.58 Å². The molecular weight excluding hydrogens is 126 g/mol. The quantitative estimate of drug-likeness (QED) is 0.544. The van der Waals surface area contributed by atoms with Gasteiger partial charge in [0.15, 0.2) is 0 Å². The van der Waals surface area contributed by atoms with Crippen molar-refractivity contribution < 1.29 is 0 Å². The fraction of sp³-hybridized carbons (Fsp3) is 0.571. The minimum Gasteiger partial charge on any atom is -0.281 e. The summed E-state index contributed by atoms with van der Waals surface area (Å²) in [7, 11) is 0. The molecule has 0 saturated carbocycles. The number of nitrogens with one attached hydrogen (secondary N) is 1. The summed E-state index contributed by atoms with van der Waals surface area (Å²) in [5.74, 6) is 0.704. The zero-order chi connectivity index (χ0) is 7.78. The molecule has 0 aromatic rings. The molecule has 3 heteroatoms. The molecule has 0 saturated heterocycles. The molecule has 0 atom stereocenters. The summed E-state index contributed by atoms with van der Waals surface area (Å²) in [5.41, 5.74) is 3.08. The molecule has 0 aromatic carbocycles. The van der Waals surface area contributed by atoms with Gasteiger partial charge in [0.05, 0.1) is 5.54 Å². The first-order valence-corrected chi connectivity index (χ1v) is 3.29. The molecule has 0 aliphatic carbocycles. The molecule has 1 heterocycles. The highest BCUT2D eigenvalue weighted by Crippen LogP contribution is 2.12. The maximum Gasteiger partial charge on any atom is 0.139 e. The molecule has 1 aliphatic heterocycles. The third-order valence-corrected chi connectivity index (χ3v) is 1.30. The number of hydrogen-bond donors (Lipinski definition) is 1. The first kappa shape index (κ1) is 7.12. The first-order chi connectivity index (χ1) is 4.50. The Morgan fingerprint density at radius 2 is 2.20 bits per heavy atom. The molecule has 0 bridgehead atoms. The Morgan fingerprint density at radius 3 is 2.40 bits per heavy atom. The summed E-state index contributed by atoms with van der Waals surface area (Å²) in [4.78, 5) is 3.98. The Kier molecular flexibility index (Phi) is 1.43. The highest BCUT2D eigenvalue weighted by molar-refractivity contribution is 5.60. The molecule has 1 rings (SSSR count). The van der Waals surface area contributed by atoms with E-state index >= 15 is 0 Å². The maximum absolute atomic E-state index is 3.98. The van der Waals surface area contributed by atoms with Crippen LogP contribution in [-0.2, 0) is 0 Å². The van der Waals surface area contributed by atoms with E-state index in [1.807, 2.05) is 5.01 Å². The van der Waals surface area contributed by atoms with Crippen molar-refractivity contribution in [1.29, 1.82) is 0 Å². The van der Waals surface area contributed by atoms with Gasteiger partial charge in [0.25, 0.3) is 0 Å². The van der Waals surface area contributed by atoms with Gasteiger partial charge in [0.2, 0.25) is 0 Å². The van der Waals surface area contributed by atoms with Crippen molar-refractivity contribution in [3.8, 4) is 0 Å². The largest absolute Gasteiger partial charge is 0.281 e. The van der Waals surface area contributed by atoms with Gasteiger partial charge < -0.3 is 0 Å². The summed E-state index contributed by atoms with van der Waals surface area (Å²) in [5, 5.41) is 1.93. The van der Waals surface area contributed by atoms with E-state index in [4.69, 9.17) is 0 Å². The van der Waals surface area contributed by atoms with E-state index in [1.54, 1.807) is 6.34 Å². The molecule has 56 valence electrons. The van der Waals surface area contributed by atoms with Crippen molar-refractivity contribution in [2.45, 2.75) is 26.3 Å². The summed E-state index contributed by atoms with van der Waals surface area (Å²) >= 11 is 0. The monoisotopic (exact) mass is 139 g/mol. The van der Waals surface area contributed by atoms with Crippen LogP contribution in [0.25, 0.3) is 0 Å². The smallest absolute Gasteiger partial charge is 0.139 e. The molecule has 0 aromatic heterocycles. The van der Waals surface area contributed by atoms with E-state index in [9.17, 15) is 0 Å². The van der Waals surface area contributed by atoms with E-state index < -0.39 is 0 Å². The number of hydrogen-bond acceptors (Lipinski definition) is 3. The number of aliphatic imine (C=N–C) groups is 1. The van der Waals surface area contributed by atoms with Crippen molar-refractivity contribution >= 4 is 6.34 Å². The zero-order valence-electron chi connectivity index (χ0n) is 6.68.